The van der Waals surface area contributed by atoms with Gasteiger partial charge in [0.2, 0.25) is 11.8 Å². The van der Waals surface area contributed by atoms with Gasteiger partial charge in [-0.1, -0.05) is 25.0 Å². The lowest BCUT2D eigenvalue weighted by Crippen LogP contribution is -2.55. The summed E-state index contributed by atoms with van der Waals surface area (Å²) in [6, 6.07) is 14.5. The Morgan fingerprint density at radius 1 is 0.911 bits per heavy atom. The Morgan fingerprint density at radius 3 is 2.38 bits per heavy atom. The van der Waals surface area contributed by atoms with E-state index < -0.39 is 0 Å². The number of nitrogens with zero attached hydrogens (tertiary/aromatic N) is 7. The summed E-state index contributed by atoms with van der Waals surface area (Å²) in [5.41, 5.74) is 4.61. The van der Waals surface area contributed by atoms with Crippen LogP contribution in [0.4, 0.5) is 11.4 Å². The highest BCUT2D eigenvalue weighted by molar-refractivity contribution is 6.01. The molecular formula is C43H52N10O3. The summed E-state index contributed by atoms with van der Waals surface area (Å²) in [6.45, 7) is 8.65. The zero-order valence-corrected chi connectivity index (χ0v) is 32.5. The number of pyridine rings is 2. The Balaban J connectivity index is 0.843. The minimum absolute atomic E-state index is 0.0735. The second-order valence-corrected chi connectivity index (χ2v) is 16.8. The third-order valence-corrected chi connectivity index (χ3v) is 12.6. The van der Waals surface area contributed by atoms with Crippen molar-refractivity contribution in [1.29, 1.82) is 5.26 Å². The first kappa shape index (κ1) is 37.6. The van der Waals surface area contributed by atoms with Crippen LogP contribution in [0.1, 0.15) is 112 Å². The standard InChI is InChI=1S/C43H52N10O3/c1-43(2,52-19-17-51(18-20-52)34-13-9-30(10-14-34)35-15-16-39(54)50-41(35)55)23-28-7-11-33(12-8-28)49-42(56)36-27-45-38(22-37(36)48-32-5-3-4-6-32)53-40-31(26-47-53)21-29(24-44)25-46-40/h9-10,13-14,21-22,25-28,32-33,35H,3-8,11-12,15-20,23H2,1-2H3,(H,45,48)(H,49,56)(H,50,54,55). The van der Waals surface area contributed by atoms with Gasteiger partial charge < -0.3 is 15.5 Å². The number of hydrogen-bond donors (Lipinski definition) is 3. The lowest BCUT2D eigenvalue weighted by Gasteiger charge is -2.46. The molecule has 1 atom stereocenters. The number of piperazine rings is 1. The van der Waals surface area contributed by atoms with Crippen LogP contribution in [-0.2, 0) is 9.59 Å². The zero-order chi connectivity index (χ0) is 38.8. The van der Waals surface area contributed by atoms with Gasteiger partial charge in [0.05, 0.1) is 28.9 Å². The van der Waals surface area contributed by atoms with Crippen molar-refractivity contribution < 1.29 is 14.4 Å². The SMILES string of the molecule is CC(C)(CC1CCC(NC(=O)c2cnc(-n3ncc4cc(C#N)cnc43)cc2NC2CCCC2)CC1)N1CCN(c2ccc(C3CCC(=O)NC3=O)cc2)CC1. The van der Waals surface area contributed by atoms with E-state index in [2.05, 4.69) is 72.9 Å². The quantitative estimate of drug-likeness (QED) is 0.168. The second kappa shape index (κ2) is 16.0. The van der Waals surface area contributed by atoms with E-state index in [1.54, 1.807) is 23.1 Å². The van der Waals surface area contributed by atoms with Gasteiger partial charge >= 0.3 is 0 Å². The summed E-state index contributed by atoms with van der Waals surface area (Å²) in [5, 5.41) is 24.0. The Hall–Kier alpha value is -5.35. The molecule has 2 saturated heterocycles. The van der Waals surface area contributed by atoms with Gasteiger partial charge in [-0.3, -0.25) is 24.6 Å². The molecule has 0 radical (unpaired) electrons. The Labute approximate surface area is 328 Å². The number of nitrogens with one attached hydrogen (secondary N) is 3. The molecule has 5 heterocycles. The molecule has 1 aromatic carbocycles. The first-order valence-electron chi connectivity index (χ1n) is 20.4. The second-order valence-electron chi connectivity index (χ2n) is 16.8. The highest BCUT2D eigenvalue weighted by Gasteiger charge is 2.35. The number of imide groups is 1. The van der Waals surface area contributed by atoms with Crippen LogP contribution < -0.4 is 20.9 Å². The monoisotopic (exact) mass is 756 g/mol. The summed E-state index contributed by atoms with van der Waals surface area (Å²) < 4.78 is 1.66. The highest BCUT2D eigenvalue weighted by atomic mass is 16.2. The molecule has 4 aromatic rings. The largest absolute Gasteiger partial charge is 0.382 e. The summed E-state index contributed by atoms with van der Waals surface area (Å²) >= 11 is 0. The van der Waals surface area contributed by atoms with E-state index in [0.29, 0.717) is 47.4 Å². The van der Waals surface area contributed by atoms with Gasteiger partial charge in [-0.05, 0) is 94.9 Å². The van der Waals surface area contributed by atoms with Gasteiger partial charge in [-0.15, -0.1) is 0 Å². The first-order valence-corrected chi connectivity index (χ1v) is 20.4. The molecule has 3 aromatic heterocycles. The van der Waals surface area contributed by atoms with Crippen molar-refractivity contribution in [1.82, 2.24) is 35.3 Å². The first-order chi connectivity index (χ1) is 27.1. The van der Waals surface area contributed by atoms with Crippen LogP contribution in [0.3, 0.4) is 0 Å². The fourth-order valence-corrected chi connectivity index (χ4v) is 9.41. The van der Waals surface area contributed by atoms with Crippen molar-refractivity contribution >= 4 is 40.1 Å². The molecule has 292 valence electrons. The smallest absolute Gasteiger partial charge is 0.255 e. The van der Waals surface area contributed by atoms with Crippen molar-refractivity contribution in [3.8, 4) is 11.9 Å². The molecule has 4 aliphatic rings. The molecule has 0 spiro atoms. The van der Waals surface area contributed by atoms with E-state index in [9.17, 15) is 19.6 Å². The van der Waals surface area contributed by atoms with E-state index >= 15 is 0 Å². The number of piperidine rings is 1. The summed E-state index contributed by atoms with van der Waals surface area (Å²) in [6.07, 6.45) is 15.5. The minimum Gasteiger partial charge on any atom is -0.382 e. The van der Waals surface area contributed by atoms with Gasteiger partial charge in [0.1, 0.15) is 6.07 Å². The van der Waals surface area contributed by atoms with Gasteiger partial charge in [0.25, 0.3) is 5.91 Å². The number of nitriles is 1. The molecule has 3 amide bonds. The number of fused-ring (bicyclic) bond motifs is 1. The number of aromatic nitrogens is 4. The maximum Gasteiger partial charge on any atom is 0.255 e. The van der Waals surface area contributed by atoms with Crippen LogP contribution in [-0.4, -0.2) is 86.2 Å². The molecule has 56 heavy (non-hydrogen) atoms. The highest BCUT2D eigenvalue weighted by Crippen LogP contribution is 2.35. The molecule has 13 heteroatoms. The fourth-order valence-electron chi connectivity index (χ4n) is 9.41. The van der Waals surface area contributed by atoms with Gasteiger partial charge in [-0.2, -0.15) is 15.0 Å². The maximum atomic E-state index is 13.9. The number of benzene rings is 1. The van der Waals surface area contributed by atoms with Gasteiger partial charge in [0.15, 0.2) is 11.5 Å². The van der Waals surface area contributed by atoms with Crippen LogP contribution >= 0.6 is 0 Å². The third kappa shape index (κ3) is 8.12. The molecule has 2 aliphatic heterocycles. The van der Waals surface area contributed by atoms with Crippen molar-refractivity contribution in [3.63, 3.8) is 0 Å². The van der Waals surface area contributed by atoms with E-state index in [1.165, 1.54) is 24.7 Å². The van der Waals surface area contributed by atoms with Crippen molar-refractivity contribution in [2.75, 3.05) is 36.4 Å². The van der Waals surface area contributed by atoms with Crippen LogP contribution in [0.25, 0.3) is 16.9 Å². The van der Waals surface area contributed by atoms with E-state index in [0.717, 1.165) is 87.8 Å². The molecule has 2 aliphatic carbocycles. The average molecular weight is 757 g/mol. The molecule has 13 nitrogen and oxygen atoms in total. The summed E-state index contributed by atoms with van der Waals surface area (Å²) in [7, 11) is 0. The molecule has 0 bridgehead atoms. The lowest BCUT2D eigenvalue weighted by atomic mass is 9.78. The van der Waals surface area contributed by atoms with Crippen LogP contribution in [0.2, 0.25) is 0 Å². The topological polar surface area (TPSA) is 161 Å². The Bertz CT molecular complexity index is 2120. The number of amides is 3. The minimum atomic E-state index is -0.257. The van der Waals surface area contributed by atoms with Gasteiger partial charge in [-0.25, -0.2) is 9.97 Å². The Kier molecular flexibility index (Phi) is 10.7. The predicted molar refractivity (Wildman–Crippen MR) is 215 cm³/mol. The van der Waals surface area contributed by atoms with Crippen molar-refractivity contribution in [3.05, 3.63) is 71.7 Å². The fraction of sp³-hybridized carbons (Fsp3) is 0.512. The number of rotatable bonds is 10. The molecule has 8 rings (SSSR count). The van der Waals surface area contributed by atoms with E-state index in [4.69, 9.17) is 0 Å². The third-order valence-electron chi connectivity index (χ3n) is 12.6. The van der Waals surface area contributed by atoms with Gasteiger partial charge in [0, 0.05) is 79.8 Å². The van der Waals surface area contributed by atoms with E-state index in [1.807, 2.05) is 18.2 Å². The average Bonchev–Trinajstić information content (AvgIpc) is 3.89. The van der Waals surface area contributed by atoms with Crippen LogP contribution in [0.5, 0.6) is 0 Å². The maximum absolute atomic E-state index is 13.9. The Morgan fingerprint density at radius 2 is 1.66 bits per heavy atom. The molecule has 4 fully saturated rings. The van der Waals surface area contributed by atoms with Crippen molar-refractivity contribution in [2.24, 2.45) is 5.92 Å². The number of carbonyl (C=O) groups is 3. The summed E-state index contributed by atoms with van der Waals surface area (Å²) in [5.74, 6) is 0.445. The van der Waals surface area contributed by atoms with Crippen LogP contribution in [0, 0.1) is 17.2 Å². The number of carbonyl (C=O) groups excluding carboxylic acids is 3. The van der Waals surface area contributed by atoms with Crippen molar-refractivity contribution in [2.45, 2.75) is 108 Å². The lowest BCUT2D eigenvalue weighted by molar-refractivity contribution is -0.134. The molecule has 2 saturated carbocycles. The van der Waals surface area contributed by atoms with E-state index in [-0.39, 0.29) is 35.2 Å². The van der Waals surface area contributed by atoms with Crippen LogP contribution in [0.15, 0.2) is 55.0 Å². The molecular weight excluding hydrogens is 705 g/mol. The predicted octanol–water partition coefficient (Wildman–Crippen LogP) is 5.84. The molecule has 3 N–H and O–H groups in total. The molecule has 1 unspecified atom stereocenters. The zero-order valence-electron chi connectivity index (χ0n) is 32.5. The number of anilines is 2. The normalized spacial score (nSPS) is 22.5. The summed E-state index contributed by atoms with van der Waals surface area (Å²) in [4.78, 5) is 52.0. The number of hydrogen-bond acceptors (Lipinski definition) is 10.